The van der Waals surface area contributed by atoms with Crippen molar-refractivity contribution in [2.24, 2.45) is 11.7 Å². The summed E-state index contributed by atoms with van der Waals surface area (Å²) < 4.78 is 0. The summed E-state index contributed by atoms with van der Waals surface area (Å²) in [5, 5.41) is 3.93. The fourth-order valence-corrected chi connectivity index (χ4v) is 2.29. The number of pyridine rings is 1. The molecular formula is C16H21N3O. The quantitative estimate of drug-likeness (QED) is 0.871. The number of hydrogen-bond acceptors (Lipinski definition) is 3. The van der Waals surface area contributed by atoms with Crippen LogP contribution in [-0.2, 0) is 11.2 Å². The first-order chi connectivity index (χ1) is 9.63. The van der Waals surface area contributed by atoms with Crippen LogP contribution in [0.15, 0.2) is 30.3 Å². The minimum Gasteiger partial charge on any atom is -0.356 e. The van der Waals surface area contributed by atoms with Crippen LogP contribution < -0.4 is 11.1 Å². The molecule has 106 valence electrons. The first-order valence-electron chi connectivity index (χ1n) is 6.98. The van der Waals surface area contributed by atoms with Crippen molar-refractivity contribution in [2.45, 2.75) is 20.3 Å². The zero-order chi connectivity index (χ0) is 14.5. The maximum Gasteiger partial charge on any atom is 0.224 e. The fourth-order valence-electron chi connectivity index (χ4n) is 2.29. The number of fused-ring (bicyclic) bond motifs is 1. The Morgan fingerprint density at radius 3 is 2.85 bits per heavy atom. The zero-order valence-electron chi connectivity index (χ0n) is 12.0. The first-order valence-corrected chi connectivity index (χ1v) is 6.98. The molecule has 0 spiro atoms. The van der Waals surface area contributed by atoms with Crippen molar-refractivity contribution in [1.29, 1.82) is 0 Å². The predicted molar refractivity (Wildman–Crippen MR) is 81.4 cm³/mol. The minimum atomic E-state index is -0.175. The third kappa shape index (κ3) is 3.33. The molecule has 0 aliphatic carbocycles. The van der Waals surface area contributed by atoms with E-state index in [1.807, 2.05) is 32.0 Å². The summed E-state index contributed by atoms with van der Waals surface area (Å²) >= 11 is 0. The number of nitrogens with one attached hydrogen (secondary N) is 1. The van der Waals surface area contributed by atoms with Gasteiger partial charge in [-0.25, -0.2) is 0 Å². The second kappa shape index (κ2) is 6.48. The molecule has 4 heteroatoms. The monoisotopic (exact) mass is 271 g/mol. The number of nitrogens with zero attached hydrogens (tertiary/aromatic N) is 1. The van der Waals surface area contributed by atoms with Crippen molar-refractivity contribution in [2.75, 3.05) is 13.1 Å². The van der Waals surface area contributed by atoms with Gasteiger partial charge in [0.25, 0.3) is 0 Å². The van der Waals surface area contributed by atoms with Crippen LogP contribution in [0.1, 0.15) is 18.2 Å². The van der Waals surface area contributed by atoms with E-state index in [-0.39, 0.29) is 11.8 Å². The summed E-state index contributed by atoms with van der Waals surface area (Å²) in [7, 11) is 0. The maximum atomic E-state index is 11.9. The van der Waals surface area contributed by atoms with Crippen LogP contribution in [0.5, 0.6) is 0 Å². The van der Waals surface area contributed by atoms with Gasteiger partial charge >= 0.3 is 0 Å². The summed E-state index contributed by atoms with van der Waals surface area (Å²) in [5.74, 6) is -0.150. The highest BCUT2D eigenvalue weighted by atomic mass is 16.1. The molecule has 1 unspecified atom stereocenters. The number of aromatic nitrogens is 1. The van der Waals surface area contributed by atoms with Crippen molar-refractivity contribution >= 4 is 16.8 Å². The summed E-state index contributed by atoms with van der Waals surface area (Å²) in [6, 6.07) is 10.2. The van der Waals surface area contributed by atoms with E-state index in [2.05, 4.69) is 22.4 Å². The van der Waals surface area contributed by atoms with Gasteiger partial charge in [0.1, 0.15) is 0 Å². The third-order valence-electron chi connectivity index (χ3n) is 3.38. The smallest absolute Gasteiger partial charge is 0.224 e. The zero-order valence-corrected chi connectivity index (χ0v) is 12.0. The van der Waals surface area contributed by atoms with Crippen LogP contribution >= 0.6 is 0 Å². The molecule has 1 heterocycles. The standard InChI is InChI=1S/C16H21N3O/c1-3-18-16(20)14(10-17)9-12-5-7-15-13(8-12)6-4-11(2)19-15/h4-8,14H,3,9-10,17H2,1-2H3,(H,18,20). The summed E-state index contributed by atoms with van der Waals surface area (Å²) in [6.45, 7) is 4.88. The third-order valence-corrected chi connectivity index (χ3v) is 3.38. The van der Waals surface area contributed by atoms with E-state index in [1.165, 1.54) is 0 Å². The van der Waals surface area contributed by atoms with Gasteiger partial charge in [-0.2, -0.15) is 0 Å². The van der Waals surface area contributed by atoms with E-state index in [0.29, 0.717) is 19.5 Å². The molecule has 1 amide bonds. The van der Waals surface area contributed by atoms with Crippen LogP contribution in [0.3, 0.4) is 0 Å². The largest absolute Gasteiger partial charge is 0.356 e. The molecule has 0 aliphatic rings. The number of aryl methyl sites for hydroxylation is 1. The Morgan fingerprint density at radius 2 is 2.15 bits per heavy atom. The molecule has 0 fully saturated rings. The van der Waals surface area contributed by atoms with Crippen LogP contribution in [0.25, 0.3) is 10.9 Å². The van der Waals surface area contributed by atoms with Crippen molar-refractivity contribution in [1.82, 2.24) is 10.3 Å². The topological polar surface area (TPSA) is 68.0 Å². The molecule has 20 heavy (non-hydrogen) atoms. The fraction of sp³-hybridized carbons (Fsp3) is 0.375. The molecule has 1 atom stereocenters. The summed E-state index contributed by atoms with van der Waals surface area (Å²) in [6.07, 6.45) is 0.659. The molecule has 1 aromatic carbocycles. The molecule has 2 aromatic rings. The number of rotatable bonds is 5. The first kappa shape index (κ1) is 14.5. The van der Waals surface area contributed by atoms with Crippen molar-refractivity contribution in [3.63, 3.8) is 0 Å². The van der Waals surface area contributed by atoms with Crippen LogP contribution in [0.2, 0.25) is 0 Å². The van der Waals surface area contributed by atoms with E-state index >= 15 is 0 Å². The van der Waals surface area contributed by atoms with Crippen LogP contribution in [-0.4, -0.2) is 24.0 Å². The van der Waals surface area contributed by atoms with E-state index in [9.17, 15) is 4.79 Å². The van der Waals surface area contributed by atoms with Gasteiger partial charge in [0.15, 0.2) is 0 Å². The van der Waals surface area contributed by atoms with Crippen molar-refractivity contribution in [3.05, 3.63) is 41.6 Å². The van der Waals surface area contributed by atoms with Crippen molar-refractivity contribution < 1.29 is 4.79 Å². The Kier molecular flexibility index (Phi) is 4.69. The van der Waals surface area contributed by atoms with Gasteiger partial charge in [-0.05, 0) is 44.0 Å². The Labute approximate surface area is 119 Å². The molecule has 4 nitrogen and oxygen atoms in total. The lowest BCUT2D eigenvalue weighted by atomic mass is 9.97. The maximum absolute atomic E-state index is 11.9. The molecule has 0 saturated heterocycles. The van der Waals surface area contributed by atoms with E-state index in [0.717, 1.165) is 22.2 Å². The predicted octanol–water partition coefficient (Wildman–Crippen LogP) is 1.80. The number of carbonyl (C=O) groups excluding carboxylic acids is 1. The molecule has 2 rings (SSSR count). The molecule has 1 aromatic heterocycles. The lowest BCUT2D eigenvalue weighted by Crippen LogP contribution is -2.36. The number of carbonyl (C=O) groups is 1. The molecular weight excluding hydrogens is 250 g/mol. The van der Waals surface area contributed by atoms with E-state index in [1.54, 1.807) is 0 Å². The minimum absolute atomic E-state index is 0.0251. The van der Waals surface area contributed by atoms with Gasteiger partial charge in [0.2, 0.25) is 5.91 Å². The Balaban J connectivity index is 2.20. The molecule has 0 saturated carbocycles. The van der Waals surface area contributed by atoms with Crippen LogP contribution in [0, 0.1) is 12.8 Å². The van der Waals surface area contributed by atoms with Crippen molar-refractivity contribution in [3.8, 4) is 0 Å². The average Bonchev–Trinajstić information content (AvgIpc) is 2.45. The Bertz CT molecular complexity index is 610. The number of hydrogen-bond donors (Lipinski definition) is 2. The van der Waals surface area contributed by atoms with E-state index < -0.39 is 0 Å². The van der Waals surface area contributed by atoms with Gasteiger partial charge in [-0.15, -0.1) is 0 Å². The summed E-state index contributed by atoms with van der Waals surface area (Å²) in [5.41, 5.74) is 8.82. The van der Waals surface area contributed by atoms with Crippen LogP contribution in [0.4, 0.5) is 0 Å². The molecule has 3 N–H and O–H groups in total. The van der Waals surface area contributed by atoms with Gasteiger partial charge in [-0.3, -0.25) is 9.78 Å². The highest BCUT2D eigenvalue weighted by Crippen LogP contribution is 2.17. The van der Waals surface area contributed by atoms with Gasteiger partial charge in [0, 0.05) is 24.2 Å². The Morgan fingerprint density at radius 1 is 1.35 bits per heavy atom. The number of amides is 1. The van der Waals surface area contributed by atoms with Gasteiger partial charge in [-0.1, -0.05) is 12.1 Å². The molecule has 0 bridgehead atoms. The second-order valence-corrected chi connectivity index (χ2v) is 5.01. The lowest BCUT2D eigenvalue weighted by molar-refractivity contribution is -0.124. The SMILES string of the molecule is CCNC(=O)C(CN)Cc1ccc2nc(C)ccc2c1. The number of benzene rings is 1. The molecule has 0 radical (unpaired) electrons. The highest BCUT2D eigenvalue weighted by molar-refractivity contribution is 5.81. The van der Waals surface area contributed by atoms with Gasteiger partial charge < -0.3 is 11.1 Å². The second-order valence-electron chi connectivity index (χ2n) is 5.01. The highest BCUT2D eigenvalue weighted by Gasteiger charge is 2.16. The van der Waals surface area contributed by atoms with E-state index in [4.69, 9.17) is 5.73 Å². The summed E-state index contributed by atoms with van der Waals surface area (Å²) in [4.78, 5) is 16.4. The Hall–Kier alpha value is -1.94. The lowest BCUT2D eigenvalue weighted by Gasteiger charge is -2.14. The number of nitrogens with two attached hydrogens (primary N) is 1. The molecule has 0 aliphatic heterocycles. The normalized spacial score (nSPS) is 12.3. The average molecular weight is 271 g/mol. The van der Waals surface area contributed by atoms with Gasteiger partial charge in [0.05, 0.1) is 11.4 Å².